The van der Waals surface area contributed by atoms with E-state index in [0.717, 1.165) is 48.4 Å². The van der Waals surface area contributed by atoms with E-state index in [1.165, 1.54) is 12.3 Å². The van der Waals surface area contributed by atoms with E-state index >= 15 is 0 Å². The van der Waals surface area contributed by atoms with Gasteiger partial charge in [0.05, 0.1) is 11.8 Å². The lowest BCUT2D eigenvalue weighted by Crippen LogP contribution is -2.65. The molecule has 9 rings (SSSR count). The van der Waals surface area contributed by atoms with Gasteiger partial charge in [-0.15, -0.1) is 0 Å². The van der Waals surface area contributed by atoms with Crippen molar-refractivity contribution in [2.75, 3.05) is 22.4 Å². The number of halogens is 4. The van der Waals surface area contributed by atoms with Crippen molar-refractivity contribution in [3.63, 3.8) is 0 Å². The van der Waals surface area contributed by atoms with Gasteiger partial charge in [-0.1, -0.05) is 24.3 Å². The monoisotopic (exact) mass is 655 g/mol. The van der Waals surface area contributed by atoms with Gasteiger partial charge in [0.25, 0.3) is 0 Å². The average molecular weight is 656 g/mol. The van der Waals surface area contributed by atoms with E-state index in [2.05, 4.69) is 9.71 Å². The molecular weight excluding hydrogens is 618 g/mol. The van der Waals surface area contributed by atoms with Crippen LogP contribution in [-0.4, -0.2) is 37.8 Å². The van der Waals surface area contributed by atoms with Crippen LogP contribution in [0, 0.1) is 10.8 Å². The van der Waals surface area contributed by atoms with E-state index in [4.69, 9.17) is 0 Å². The van der Waals surface area contributed by atoms with Crippen molar-refractivity contribution in [2.24, 2.45) is 10.8 Å². The van der Waals surface area contributed by atoms with E-state index < -0.39 is 32.8 Å². The Balaban J connectivity index is 1.14. The van der Waals surface area contributed by atoms with Gasteiger partial charge in [0.15, 0.2) is 0 Å². The van der Waals surface area contributed by atoms with Crippen LogP contribution in [-0.2, 0) is 26.4 Å². The first-order chi connectivity index (χ1) is 21.6. The third kappa shape index (κ3) is 5.80. The second-order valence-electron chi connectivity index (χ2n) is 14.5. The number of benzene rings is 2. The summed E-state index contributed by atoms with van der Waals surface area (Å²) in [4.78, 5) is 20.4. The molecule has 0 saturated heterocycles. The van der Waals surface area contributed by atoms with Crippen LogP contribution in [0.2, 0.25) is 0 Å². The van der Waals surface area contributed by atoms with Gasteiger partial charge in [0.1, 0.15) is 5.67 Å². The molecule has 6 fully saturated rings. The first kappa shape index (κ1) is 31.1. The summed E-state index contributed by atoms with van der Waals surface area (Å²) in [5.41, 5.74) is 0.848. The molecule has 244 valence electrons. The highest BCUT2D eigenvalue weighted by Gasteiger charge is 2.69. The molecule has 1 N–H and O–H groups in total. The number of alkyl halides is 4. The minimum Gasteiger partial charge on any atom is -0.312 e. The number of carbonyl (C=O) groups is 1. The lowest BCUT2D eigenvalue weighted by atomic mass is 9.41. The highest BCUT2D eigenvalue weighted by molar-refractivity contribution is 7.92. The Morgan fingerprint density at radius 1 is 0.891 bits per heavy atom. The molecule has 6 aliphatic carbocycles. The first-order valence-corrected chi connectivity index (χ1v) is 17.7. The fraction of sp³-hybridized carbons (Fsp3) is 0.486. The van der Waals surface area contributed by atoms with Crippen LogP contribution in [0.25, 0.3) is 11.1 Å². The number of aromatic nitrogens is 1. The van der Waals surface area contributed by atoms with Crippen LogP contribution in [0.3, 0.4) is 0 Å². The number of rotatable bonds is 9. The Morgan fingerprint density at radius 2 is 1.54 bits per heavy atom. The summed E-state index contributed by atoms with van der Waals surface area (Å²) in [5, 5.41) is 0. The Morgan fingerprint density at radius 3 is 2.13 bits per heavy atom. The fourth-order valence-corrected chi connectivity index (χ4v) is 9.27. The molecule has 0 aliphatic heterocycles. The molecular formula is C35H37F4N3O3S. The Bertz CT molecular complexity index is 1750. The summed E-state index contributed by atoms with van der Waals surface area (Å²) in [5.74, 6) is -0.0251. The van der Waals surface area contributed by atoms with Gasteiger partial charge in [-0.25, -0.2) is 12.8 Å². The predicted molar refractivity (Wildman–Crippen MR) is 168 cm³/mol. The van der Waals surface area contributed by atoms with E-state index in [1.54, 1.807) is 12.1 Å². The predicted octanol–water partition coefficient (Wildman–Crippen LogP) is 8.05. The Kier molecular flexibility index (Phi) is 7.12. The van der Waals surface area contributed by atoms with E-state index in [-0.39, 0.29) is 16.7 Å². The molecule has 11 heteroatoms. The summed E-state index contributed by atoms with van der Waals surface area (Å²) in [7, 11) is -3.41. The van der Waals surface area contributed by atoms with Crippen molar-refractivity contribution in [2.45, 2.75) is 81.5 Å². The second-order valence-corrected chi connectivity index (χ2v) is 16.3. The lowest BCUT2D eigenvalue weighted by molar-refractivity contribution is -0.215. The molecule has 4 bridgehead atoms. The number of fused-ring (bicyclic) bond motifs is 3. The van der Waals surface area contributed by atoms with Crippen LogP contribution >= 0.6 is 0 Å². The van der Waals surface area contributed by atoms with Crippen molar-refractivity contribution < 1.29 is 30.8 Å². The van der Waals surface area contributed by atoms with Gasteiger partial charge in [-0.3, -0.25) is 14.5 Å². The Hall–Kier alpha value is -3.47. The minimum absolute atomic E-state index is 0.0251. The zero-order chi connectivity index (χ0) is 32.6. The number of carbonyl (C=O) groups excluding carboxylic acids is 1. The van der Waals surface area contributed by atoms with Crippen molar-refractivity contribution in [3.8, 4) is 11.1 Å². The van der Waals surface area contributed by atoms with Gasteiger partial charge in [0, 0.05) is 41.6 Å². The number of pyridine rings is 1. The van der Waals surface area contributed by atoms with Crippen LogP contribution < -0.4 is 9.62 Å². The number of amides is 1. The van der Waals surface area contributed by atoms with Gasteiger partial charge in [0.2, 0.25) is 15.9 Å². The maximum atomic E-state index is 14.4. The summed E-state index contributed by atoms with van der Waals surface area (Å²) in [6.45, 7) is 0.495. The van der Waals surface area contributed by atoms with E-state index in [1.807, 2.05) is 41.3 Å². The molecule has 46 heavy (non-hydrogen) atoms. The highest BCUT2D eigenvalue weighted by atomic mass is 32.2. The second kappa shape index (κ2) is 10.5. The molecule has 1 amide bonds. The van der Waals surface area contributed by atoms with E-state index in [0.29, 0.717) is 62.9 Å². The lowest BCUT2D eigenvalue weighted by Gasteiger charge is -2.66. The van der Waals surface area contributed by atoms with Crippen molar-refractivity contribution in [3.05, 3.63) is 78.1 Å². The van der Waals surface area contributed by atoms with Crippen LogP contribution in [0.15, 0.2) is 66.9 Å². The quantitative estimate of drug-likeness (QED) is 0.237. The third-order valence-corrected chi connectivity index (χ3v) is 11.7. The third-order valence-electron chi connectivity index (χ3n) is 11.1. The van der Waals surface area contributed by atoms with Gasteiger partial charge in [-0.2, -0.15) is 13.2 Å². The molecule has 3 aromatic rings. The Labute approximate surface area is 266 Å². The van der Waals surface area contributed by atoms with Crippen LogP contribution in [0.5, 0.6) is 0 Å². The number of hydrogen-bond donors (Lipinski definition) is 1. The first-order valence-electron chi connectivity index (χ1n) is 15.8. The molecule has 2 aromatic carbocycles. The smallest absolute Gasteiger partial charge is 0.312 e. The number of anilines is 2. The molecule has 0 atom stereocenters. The minimum atomic E-state index is -4.42. The van der Waals surface area contributed by atoms with Gasteiger partial charge < -0.3 is 4.90 Å². The zero-order valence-corrected chi connectivity index (χ0v) is 26.5. The van der Waals surface area contributed by atoms with Crippen LogP contribution in [0.1, 0.15) is 75.5 Å². The largest absolute Gasteiger partial charge is 0.416 e. The molecule has 0 spiro atoms. The molecule has 0 radical (unpaired) electrons. The topological polar surface area (TPSA) is 79.4 Å². The number of nitrogens with zero attached hydrogens (tertiary/aromatic N) is 2. The summed E-state index contributed by atoms with van der Waals surface area (Å²) < 4.78 is 80.6. The average Bonchev–Trinajstić information content (AvgIpc) is 2.99. The molecule has 6 saturated carbocycles. The number of hydrogen-bond acceptors (Lipinski definition) is 4. The summed E-state index contributed by atoms with van der Waals surface area (Å²) >= 11 is 0. The van der Waals surface area contributed by atoms with Crippen molar-refractivity contribution in [1.29, 1.82) is 0 Å². The maximum absolute atomic E-state index is 14.4. The molecule has 0 unspecified atom stereocenters. The molecule has 6 aliphatic rings. The highest BCUT2D eigenvalue weighted by Crippen LogP contribution is 2.71. The zero-order valence-electron chi connectivity index (χ0n) is 25.7. The number of sulfonamides is 1. The number of nitrogens with one attached hydrogen (secondary N) is 1. The SMILES string of the molecule is CS(=O)(=O)Nc1ccc(-c2cccc(N(CC34CCC(c5cc(C(F)(F)F)ccn5)(CC3)CC4)C(=O)CC34CC(F)(C3)C4)c2)cc1. The van der Waals surface area contributed by atoms with E-state index in [9.17, 15) is 30.8 Å². The molecule has 1 aromatic heterocycles. The summed E-state index contributed by atoms with van der Waals surface area (Å²) in [6.07, 6.45) is 4.02. The fourth-order valence-electron chi connectivity index (χ4n) is 8.70. The maximum Gasteiger partial charge on any atom is 0.416 e. The molecule has 6 nitrogen and oxygen atoms in total. The van der Waals surface area contributed by atoms with Gasteiger partial charge >= 0.3 is 6.18 Å². The normalized spacial score (nSPS) is 29.8. The van der Waals surface area contributed by atoms with Crippen LogP contribution in [0.4, 0.5) is 28.9 Å². The summed E-state index contributed by atoms with van der Waals surface area (Å²) in [6, 6.07) is 17.0. The van der Waals surface area contributed by atoms with Crippen molar-refractivity contribution in [1.82, 2.24) is 4.98 Å². The van der Waals surface area contributed by atoms with Crippen molar-refractivity contribution >= 4 is 27.3 Å². The van der Waals surface area contributed by atoms with Gasteiger partial charge in [-0.05, 0) is 116 Å². The molecule has 1 heterocycles. The standard InChI is InChI=1S/C35H37F4N3O3S/c1-46(44,45)41-27-7-5-24(6-8-27)25-3-2-4-28(17-25)42(30(43)19-32-20-34(36,21-32)22-32)23-31-10-13-33(14-11-31,15-12-31)29-18-26(9-16-40-29)35(37,38)39/h2-9,16-18,41H,10-15,19-23H2,1H3.